The molecule has 1 aromatic rings. The van der Waals surface area contributed by atoms with Crippen molar-refractivity contribution >= 4 is 11.9 Å². The van der Waals surface area contributed by atoms with E-state index in [4.69, 9.17) is 15.0 Å². The number of carboxylic acids is 2. The van der Waals surface area contributed by atoms with E-state index in [-0.39, 0.29) is 0 Å². The van der Waals surface area contributed by atoms with Crippen LogP contribution in [0, 0.1) is 0 Å². The number of hydrogen-bond acceptors (Lipinski definition) is 2. The Bertz CT molecular complexity index is 464. The summed E-state index contributed by atoms with van der Waals surface area (Å²) < 4.78 is 31.7. The van der Waals surface area contributed by atoms with Crippen LogP contribution < -0.4 is 0 Å². The minimum atomic E-state index is -5.08. The standard InChI is InChI=1S/C10H10O2.C2HF3O2/c11-9(12)10(6-7-10)8-4-2-1-3-5-8;3-2(4,5)1(6)7/h1-5H,6-7H2,(H,11,12);(H,6,7). The quantitative estimate of drug-likeness (QED) is 0.870. The van der Waals surface area contributed by atoms with Gasteiger partial charge >= 0.3 is 18.1 Å². The molecule has 2 rings (SSSR count). The van der Waals surface area contributed by atoms with E-state index in [2.05, 4.69) is 0 Å². The predicted molar refractivity (Wildman–Crippen MR) is 58.7 cm³/mol. The number of aliphatic carboxylic acids is 2. The van der Waals surface area contributed by atoms with E-state index >= 15 is 0 Å². The average Bonchev–Trinajstić information content (AvgIpc) is 3.10. The van der Waals surface area contributed by atoms with Gasteiger partial charge in [-0.15, -0.1) is 0 Å². The zero-order chi connectivity index (χ0) is 14.7. The highest BCUT2D eigenvalue weighted by molar-refractivity contribution is 5.84. The third kappa shape index (κ3) is 3.70. The Balaban J connectivity index is 0.000000224. The van der Waals surface area contributed by atoms with Gasteiger partial charge in [-0.25, -0.2) is 4.79 Å². The van der Waals surface area contributed by atoms with Gasteiger partial charge in [-0.05, 0) is 18.4 Å². The molecule has 1 aliphatic carbocycles. The first-order valence-electron chi connectivity index (χ1n) is 5.29. The maximum atomic E-state index is 10.9. The molecular formula is C12H11F3O4. The number of carbonyl (C=O) groups is 2. The van der Waals surface area contributed by atoms with E-state index < -0.39 is 23.5 Å². The number of carboxylic acid groups (broad SMARTS) is 2. The van der Waals surface area contributed by atoms with Gasteiger partial charge in [0.15, 0.2) is 0 Å². The Kier molecular flexibility index (Phi) is 4.18. The van der Waals surface area contributed by atoms with Crippen LogP contribution in [0.5, 0.6) is 0 Å². The second-order valence-corrected chi connectivity index (χ2v) is 4.06. The normalized spacial score (nSPS) is 15.9. The van der Waals surface area contributed by atoms with Gasteiger partial charge in [-0.1, -0.05) is 30.3 Å². The SMILES string of the molecule is O=C(O)C(F)(F)F.O=C(O)C1(c2ccccc2)CC1. The second kappa shape index (κ2) is 5.29. The molecule has 0 spiro atoms. The Morgan fingerprint density at radius 3 is 1.74 bits per heavy atom. The molecular weight excluding hydrogens is 265 g/mol. The third-order valence-electron chi connectivity index (χ3n) is 2.73. The van der Waals surface area contributed by atoms with Crippen molar-refractivity contribution in [2.24, 2.45) is 0 Å². The number of alkyl halides is 3. The Morgan fingerprint density at radius 1 is 1.05 bits per heavy atom. The van der Waals surface area contributed by atoms with Gasteiger partial charge in [-0.3, -0.25) is 4.79 Å². The van der Waals surface area contributed by atoms with Gasteiger partial charge in [-0.2, -0.15) is 13.2 Å². The first-order valence-corrected chi connectivity index (χ1v) is 5.29. The fourth-order valence-corrected chi connectivity index (χ4v) is 1.51. The Labute approximate surface area is 106 Å². The monoisotopic (exact) mass is 276 g/mol. The van der Waals surface area contributed by atoms with Gasteiger partial charge in [0, 0.05) is 0 Å². The van der Waals surface area contributed by atoms with E-state index in [0.717, 1.165) is 18.4 Å². The van der Waals surface area contributed by atoms with Gasteiger partial charge in [0.1, 0.15) is 0 Å². The van der Waals surface area contributed by atoms with E-state index in [1.165, 1.54) is 0 Å². The molecule has 19 heavy (non-hydrogen) atoms. The highest BCUT2D eigenvalue weighted by Gasteiger charge is 2.51. The molecule has 0 atom stereocenters. The lowest BCUT2D eigenvalue weighted by atomic mass is 9.97. The van der Waals surface area contributed by atoms with E-state index in [1.807, 2.05) is 30.3 Å². The van der Waals surface area contributed by atoms with Crippen LogP contribution >= 0.6 is 0 Å². The second-order valence-electron chi connectivity index (χ2n) is 4.06. The molecule has 0 amide bonds. The zero-order valence-electron chi connectivity index (χ0n) is 9.65. The van der Waals surface area contributed by atoms with Crippen molar-refractivity contribution in [3.63, 3.8) is 0 Å². The van der Waals surface area contributed by atoms with Crippen LogP contribution in [0.4, 0.5) is 13.2 Å². The summed E-state index contributed by atoms with van der Waals surface area (Å²) in [5, 5.41) is 16.1. The number of rotatable bonds is 2. The number of benzene rings is 1. The summed E-state index contributed by atoms with van der Waals surface area (Å²) in [6.45, 7) is 0. The molecule has 1 aromatic carbocycles. The minimum absolute atomic E-state index is 0.540. The smallest absolute Gasteiger partial charge is 0.481 e. The summed E-state index contributed by atoms with van der Waals surface area (Å²) in [5.74, 6) is -3.44. The lowest BCUT2D eigenvalue weighted by Crippen LogP contribution is -2.21. The van der Waals surface area contributed by atoms with Gasteiger partial charge < -0.3 is 10.2 Å². The van der Waals surface area contributed by atoms with Gasteiger partial charge in [0.25, 0.3) is 0 Å². The summed E-state index contributed by atoms with van der Waals surface area (Å²) in [4.78, 5) is 19.8. The molecule has 0 heterocycles. The Hall–Kier alpha value is -2.05. The summed E-state index contributed by atoms with van der Waals surface area (Å²) >= 11 is 0. The van der Waals surface area contributed by atoms with Crippen molar-refractivity contribution in [1.29, 1.82) is 0 Å². The van der Waals surface area contributed by atoms with Crippen LogP contribution in [0.15, 0.2) is 30.3 Å². The first kappa shape index (κ1) is 15.0. The summed E-state index contributed by atoms with van der Waals surface area (Å²) in [5.41, 5.74) is 0.402. The van der Waals surface area contributed by atoms with Gasteiger partial charge in [0.2, 0.25) is 0 Å². The van der Waals surface area contributed by atoms with Crippen LogP contribution in [-0.2, 0) is 15.0 Å². The highest BCUT2D eigenvalue weighted by Crippen LogP contribution is 2.48. The lowest BCUT2D eigenvalue weighted by molar-refractivity contribution is -0.192. The number of halogens is 3. The highest BCUT2D eigenvalue weighted by atomic mass is 19.4. The molecule has 0 aliphatic heterocycles. The van der Waals surface area contributed by atoms with Crippen LogP contribution in [0.25, 0.3) is 0 Å². The van der Waals surface area contributed by atoms with Crippen LogP contribution in [0.3, 0.4) is 0 Å². The Morgan fingerprint density at radius 2 is 1.47 bits per heavy atom. The maximum absolute atomic E-state index is 10.9. The van der Waals surface area contributed by atoms with E-state index in [1.54, 1.807) is 0 Å². The van der Waals surface area contributed by atoms with Crippen LogP contribution in [-0.4, -0.2) is 28.3 Å². The van der Waals surface area contributed by atoms with Crippen LogP contribution in [0.2, 0.25) is 0 Å². The molecule has 1 aliphatic rings. The zero-order valence-corrected chi connectivity index (χ0v) is 9.65. The average molecular weight is 276 g/mol. The third-order valence-corrected chi connectivity index (χ3v) is 2.73. The largest absolute Gasteiger partial charge is 0.490 e. The molecule has 0 saturated heterocycles. The number of hydrogen-bond donors (Lipinski definition) is 2. The summed E-state index contributed by atoms with van der Waals surface area (Å²) in [6, 6.07) is 9.46. The molecule has 2 N–H and O–H groups in total. The first-order chi connectivity index (χ1) is 8.70. The van der Waals surface area contributed by atoms with Crippen LogP contribution in [0.1, 0.15) is 18.4 Å². The van der Waals surface area contributed by atoms with Crippen molar-refractivity contribution in [2.45, 2.75) is 24.4 Å². The minimum Gasteiger partial charge on any atom is -0.481 e. The molecule has 0 unspecified atom stereocenters. The van der Waals surface area contributed by atoms with Gasteiger partial charge in [0.05, 0.1) is 5.41 Å². The molecule has 1 saturated carbocycles. The van der Waals surface area contributed by atoms with Crippen molar-refractivity contribution in [3.05, 3.63) is 35.9 Å². The molecule has 104 valence electrons. The van der Waals surface area contributed by atoms with Crippen molar-refractivity contribution in [2.75, 3.05) is 0 Å². The molecule has 1 fully saturated rings. The molecule has 0 aromatic heterocycles. The summed E-state index contributed by atoms with van der Waals surface area (Å²) in [7, 11) is 0. The van der Waals surface area contributed by atoms with Crippen molar-refractivity contribution in [3.8, 4) is 0 Å². The predicted octanol–water partition coefficient (Wildman–Crippen LogP) is 2.44. The van der Waals surface area contributed by atoms with E-state index in [9.17, 15) is 18.0 Å². The van der Waals surface area contributed by atoms with Crippen molar-refractivity contribution < 1.29 is 33.0 Å². The topological polar surface area (TPSA) is 74.6 Å². The van der Waals surface area contributed by atoms with Crippen molar-refractivity contribution in [1.82, 2.24) is 0 Å². The molecule has 4 nitrogen and oxygen atoms in total. The lowest BCUT2D eigenvalue weighted by Gasteiger charge is -2.08. The molecule has 7 heteroatoms. The summed E-state index contributed by atoms with van der Waals surface area (Å²) in [6.07, 6.45) is -3.52. The fraction of sp³-hybridized carbons (Fsp3) is 0.333. The molecule has 0 radical (unpaired) electrons. The molecule has 0 bridgehead atoms. The maximum Gasteiger partial charge on any atom is 0.490 e. The van der Waals surface area contributed by atoms with E-state index in [0.29, 0.717) is 0 Å². The fourth-order valence-electron chi connectivity index (χ4n) is 1.51.